The minimum absolute atomic E-state index is 0.0418. The van der Waals surface area contributed by atoms with Crippen LogP contribution in [-0.2, 0) is 18.6 Å². The van der Waals surface area contributed by atoms with Gasteiger partial charge in [-0.1, -0.05) is 12.1 Å². The minimum atomic E-state index is -4.92. The van der Waals surface area contributed by atoms with Crippen molar-refractivity contribution in [2.75, 3.05) is 37.4 Å². The molecule has 13 heteroatoms. The highest BCUT2D eigenvalue weighted by molar-refractivity contribution is 5.77. The van der Waals surface area contributed by atoms with E-state index in [1.807, 2.05) is 24.3 Å². The predicted octanol–water partition coefficient (Wildman–Crippen LogP) is 4.91. The van der Waals surface area contributed by atoms with E-state index in [2.05, 4.69) is 50.7 Å². The number of hydrogen-bond donors (Lipinski definition) is 2. The molecule has 0 bridgehead atoms. The van der Waals surface area contributed by atoms with Crippen LogP contribution >= 0.6 is 0 Å². The molecule has 10 nitrogen and oxygen atoms in total. The second kappa shape index (κ2) is 10.9. The maximum atomic E-state index is 14.6. The molecule has 2 aliphatic carbocycles. The van der Waals surface area contributed by atoms with Gasteiger partial charge in [-0.15, -0.1) is 6.58 Å². The summed E-state index contributed by atoms with van der Waals surface area (Å²) in [5, 5.41) is 14.7. The Bertz CT molecular complexity index is 1850. The number of anilines is 3. The fraction of sp³-hybridized carbons (Fsp3) is 0.455. The van der Waals surface area contributed by atoms with Gasteiger partial charge in [-0.2, -0.15) is 18.2 Å². The number of pyridine rings is 1. The van der Waals surface area contributed by atoms with Crippen LogP contribution in [0.5, 0.6) is 0 Å². The average molecular weight is 635 g/mol. The molecule has 4 heterocycles. The number of aliphatic hydroxyl groups is 1. The number of alkyl halides is 3. The standard InChI is InChI=1S/C33H37F3N8O2/c1-4-17-43-29(45)25-20-37-30(38-22-6-8-24(9-7-22)42-18-12-23(13-19-42)41(2)3)40-28(25)44(43)26-10-5-21-11-14-31(15-16-31)32(46,27(21)39-26)33(34,35)36/h4-10,20,23,46H,1,11-19H2,2-3H3,(H,37,38,40)/t32-/m1/s1. The molecule has 0 amide bonds. The molecule has 1 saturated carbocycles. The molecular weight excluding hydrogens is 597 g/mol. The number of rotatable bonds is 7. The maximum Gasteiger partial charge on any atom is 0.423 e. The Balaban J connectivity index is 1.24. The van der Waals surface area contributed by atoms with Gasteiger partial charge in [-0.25, -0.2) is 19.3 Å². The Morgan fingerprint density at radius 1 is 1.09 bits per heavy atom. The van der Waals surface area contributed by atoms with Crippen molar-refractivity contribution in [3.05, 3.63) is 76.9 Å². The number of halogens is 3. The van der Waals surface area contributed by atoms with Gasteiger partial charge in [0.15, 0.2) is 11.5 Å². The first-order valence-electron chi connectivity index (χ1n) is 15.6. The summed E-state index contributed by atoms with van der Waals surface area (Å²) in [5.41, 5.74) is -2.82. The quantitative estimate of drug-likeness (QED) is 0.277. The van der Waals surface area contributed by atoms with E-state index in [1.54, 1.807) is 12.1 Å². The van der Waals surface area contributed by atoms with E-state index in [0.29, 0.717) is 18.0 Å². The molecule has 7 rings (SSSR count). The number of piperidine rings is 1. The van der Waals surface area contributed by atoms with Crippen LogP contribution in [0.25, 0.3) is 16.9 Å². The monoisotopic (exact) mass is 634 g/mol. The van der Waals surface area contributed by atoms with Crippen molar-refractivity contribution in [3.63, 3.8) is 0 Å². The van der Waals surface area contributed by atoms with E-state index in [1.165, 1.54) is 21.6 Å². The van der Waals surface area contributed by atoms with E-state index in [4.69, 9.17) is 0 Å². The first-order chi connectivity index (χ1) is 22.0. The van der Waals surface area contributed by atoms with Gasteiger partial charge in [0.05, 0.1) is 12.2 Å². The highest BCUT2D eigenvalue weighted by atomic mass is 19.4. The number of hydrogen-bond acceptors (Lipinski definition) is 8. The molecule has 242 valence electrons. The molecule has 0 unspecified atom stereocenters. The van der Waals surface area contributed by atoms with Crippen molar-refractivity contribution in [2.45, 2.75) is 62.9 Å². The lowest BCUT2D eigenvalue weighted by atomic mass is 9.71. The molecule has 1 aliphatic heterocycles. The summed E-state index contributed by atoms with van der Waals surface area (Å²) in [6.45, 7) is 5.76. The zero-order valence-corrected chi connectivity index (χ0v) is 25.9. The molecular formula is C33H37F3N8O2. The molecule has 1 saturated heterocycles. The van der Waals surface area contributed by atoms with Gasteiger partial charge in [0.25, 0.3) is 5.56 Å². The van der Waals surface area contributed by atoms with Crippen molar-refractivity contribution in [2.24, 2.45) is 5.41 Å². The van der Waals surface area contributed by atoms with Gasteiger partial charge in [0, 0.05) is 42.1 Å². The van der Waals surface area contributed by atoms with Gasteiger partial charge in [-0.3, -0.25) is 4.79 Å². The zero-order valence-electron chi connectivity index (χ0n) is 25.9. The summed E-state index contributed by atoms with van der Waals surface area (Å²) in [7, 11) is 4.24. The lowest BCUT2D eigenvalue weighted by Gasteiger charge is -2.42. The smallest absolute Gasteiger partial charge is 0.375 e. The summed E-state index contributed by atoms with van der Waals surface area (Å²) in [5.74, 6) is 0.248. The van der Waals surface area contributed by atoms with Crippen molar-refractivity contribution >= 4 is 28.4 Å². The molecule has 1 atom stereocenters. The fourth-order valence-corrected chi connectivity index (χ4v) is 7.25. The van der Waals surface area contributed by atoms with Crippen LogP contribution in [0.1, 0.15) is 43.4 Å². The minimum Gasteiger partial charge on any atom is -0.375 e. The summed E-state index contributed by atoms with van der Waals surface area (Å²) < 4.78 is 46.4. The number of nitrogens with zero attached hydrogens (tertiary/aromatic N) is 7. The van der Waals surface area contributed by atoms with Gasteiger partial charge >= 0.3 is 6.18 Å². The Kier molecular flexibility index (Phi) is 7.24. The van der Waals surface area contributed by atoms with Crippen LogP contribution in [0.2, 0.25) is 0 Å². The van der Waals surface area contributed by atoms with E-state index in [0.717, 1.165) is 37.3 Å². The van der Waals surface area contributed by atoms with Gasteiger partial charge < -0.3 is 20.2 Å². The molecule has 46 heavy (non-hydrogen) atoms. The van der Waals surface area contributed by atoms with E-state index in [-0.39, 0.29) is 48.6 Å². The van der Waals surface area contributed by atoms with E-state index in [9.17, 15) is 23.1 Å². The number of fused-ring (bicyclic) bond motifs is 2. The van der Waals surface area contributed by atoms with Gasteiger partial charge in [-0.05, 0) is 88.5 Å². The van der Waals surface area contributed by atoms with Crippen LogP contribution in [0.3, 0.4) is 0 Å². The van der Waals surface area contributed by atoms with Crippen molar-refractivity contribution < 1.29 is 18.3 Å². The number of benzene rings is 1. The first kappa shape index (κ1) is 30.4. The van der Waals surface area contributed by atoms with E-state index >= 15 is 0 Å². The summed E-state index contributed by atoms with van der Waals surface area (Å²) in [6, 6.07) is 11.7. The molecule has 0 radical (unpaired) electrons. The normalized spacial score (nSPS) is 21.2. The Hall–Kier alpha value is -4.23. The third kappa shape index (κ3) is 4.79. The lowest BCUT2D eigenvalue weighted by Crippen LogP contribution is -2.53. The van der Waals surface area contributed by atoms with Crippen LogP contribution < -0.4 is 15.8 Å². The molecule has 1 spiro atoms. The second-order valence-corrected chi connectivity index (χ2v) is 12.9. The predicted molar refractivity (Wildman–Crippen MR) is 170 cm³/mol. The van der Waals surface area contributed by atoms with E-state index < -0.39 is 28.4 Å². The Labute approximate surface area is 264 Å². The van der Waals surface area contributed by atoms with Crippen molar-refractivity contribution in [1.82, 2.24) is 29.2 Å². The lowest BCUT2D eigenvalue weighted by molar-refractivity contribution is -0.298. The van der Waals surface area contributed by atoms with Gasteiger partial charge in [0.1, 0.15) is 5.39 Å². The summed E-state index contributed by atoms with van der Waals surface area (Å²) in [4.78, 5) is 31.5. The largest absolute Gasteiger partial charge is 0.423 e. The SMILES string of the molecule is C=CCn1c(=O)c2cnc(Nc3ccc(N4CCC(N(C)C)CC4)cc3)nc2n1-c1ccc2c(n1)[C@](O)(C(F)(F)F)C1(CC2)CC1. The van der Waals surface area contributed by atoms with Crippen LogP contribution in [0.4, 0.5) is 30.5 Å². The fourth-order valence-electron chi connectivity index (χ4n) is 7.25. The Morgan fingerprint density at radius 2 is 1.80 bits per heavy atom. The molecule has 4 aromatic rings. The molecule has 1 aromatic carbocycles. The third-order valence-corrected chi connectivity index (χ3v) is 10.1. The topological polar surface area (TPSA) is 104 Å². The first-order valence-corrected chi connectivity index (χ1v) is 15.6. The van der Waals surface area contributed by atoms with Crippen LogP contribution in [-0.4, -0.2) is 73.7 Å². The highest BCUT2D eigenvalue weighted by Crippen LogP contribution is 2.68. The number of allylic oxidation sites excluding steroid dienone is 1. The molecule has 3 aliphatic rings. The summed E-state index contributed by atoms with van der Waals surface area (Å²) in [6.07, 6.45) is 1.38. The highest BCUT2D eigenvalue weighted by Gasteiger charge is 2.74. The van der Waals surface area contributed by atoms with Crippen molar-refractivity contribution in [1.29, 1.82) is 0 Å². The van der Waals surface area contributed by atoms with Crippen molar-refractivity contribution in [3.8, 4) is 5.82 Å². The number of nitrogens with one attached hydrogen (secondary N) is 1. The molecule has 3 aromatic heterocycles. The van der Waals surface area contributed by atoms with Gasteiger partial charge in [0.2, 0.25) is 11.5 Å². The zero-order chi connectivity index (χ0) is 32.4. The van der Waals surface area contributed by atoms with Crippen LogP contribution in [0.15, 0.2) is 60.0 Å². The summed E-state index contributed by atoms with van der Waals surface area (Å²) >= 11 is 0. The average Bonchev–Trinajstić information content (AvgIpc) is 3.78. The Morgan fingerprint density at radius 3 is 2.43 bits per heavy atom. The number of aromatic nitrogens is 5. The maximum absolute atomic E-state index is 14.6. The molecule has 2 fully saturated rings. The van der Waals surface area contributed by atoms with Crippen LogP contribution in [0, 0.1) is 5.41 Å². The third-order valence-electron chi connectivity index (χ3n) is 10.1. The number of aryl methyl sites for hydroxylation is 1. The second-order valence-electron chi connectivity index (χ2n) is 12.9. The molecule has 2 N–H and O–H groups in total.